The number of alkyl halides is 3. The van der Waals surface area contributed by atoms with Gasteiger partial charge in [-0.15, -0.1) is 13.2 Å². The second kappa shape index (κ2) is 9.88. The lowest BCUT2D eigenvalue weighted by atomic mass is 10.2. The Bertz CT molecular complexity index is 1000. The van der Waals surface area contributed by atoms with Gasteiger partial charge in [-0.05, 0) is 29.8 Å². The summed E-state index contributed by atoms with van der Waals surface area (Å²) in [6.07, 6.45) is -4.99. The molecule has 0 unspecified atom stereocenters. The largest absolute Gasteiger partial charge is 0.573 e. The number of ether oxygens (including phenoxy) is 4. The molecule has 0 aliphatic carbocycles. The van der Waals surface area contributed by atoms with Gasteiger partial charge in [-0.2, -0.15) is 4.31 Å². The van der Waals surface area contributed by atoms with E-state index in [1.54, 1.807) is 6.07 Å². The van der Waals surface area contributed by atoms with E-state index in [4.69, 9.17) is 9.47 Å². The zero-order chi connectivity index (χ0) is 23.2. The highest BCUT2D eigenvalue weighted by molar-refractivity contribution is 7.89. The first-order valence-electron chi connectivity index (χ1n) is 8.63. The fourth-order valence-corrected chi connectivity index (χ4v) is 3.98. The van der Waals surface area contributed by atoms with E-state index >= 15 is 0 Å². The molecule has 2 aromatic rings. The molecule has 2 rings (SSSR count). The molecule has 0 aliphatic heterocycles. The van der Waals surface area contributed by atoms with Crippen molar-refractivity contribution in [3.05, 3.63) is 48.0 Å². The molecule has 170 valence electrons. The van der Waals surface area contributed by atoms with Gasteiger partial charge in [0.05, 0.1) is 26.2 Å². The van der Waals surface area contributed by atoms with Gasteiger partial charge in [-0.3, -0.25) is 4.79 Å². The lowest BCUT2D eigenvalue weighted by molar-refractivity contribution is -0.274. The quantitative estimate of drug-likeness (QED) is 0.528. The van der Waals surface area contributed by atoms with Crippen LogP contribution in [0.25, 0.3) is 0 Å². The van der Waals surface area contributed by atoms with Gasteiger partial charge in [0.15, 0.2) is 0 Å². The van der Waals surface area contributed by atoms with Gasteiger partial charge in [0.25, 0.3) is 0 Å². The van der Waals surface area contributed by atoms with E-state index in [2.05, 4.69) is 9.47 Å². The van der Waals surface area contributed by atoms with E-state index < -0.39 is 39.5 Å². The Morgan fingerprint density at radius 1 is 0.968 bits per heavy atom. The smallest absolute Gasteiger partial charge is 0.497 e. The number of benzene rings is 2. The fourth-order valence-electron chi connectivity index (χ4n) is 2.58. The number of methoxy groups -OCH3 is 3. The molecule has 8 nitrogen and oxygen atoms in total. The van der Waals surface area contributed by atoms with Crippen molar-refractivity contribution in [1.82, 2.24) is 4.31 Å². The van der Waals surface area contributed by atoms with E-state index in [0.717, 1.165) is 35.7 Å². The molecular weight excluding hydrogens is 443 g/mol. The maximum atomic E-state index is 13.1. The monoisotopic (exact) mass is 463 g/mol. The first kappa shape index (κ1) is 24.3. The van der Waals surface area contributed by atoms with Crippen LogP contribution in [0.1, 0.15) is 5.56 Å². The van der Waals surface area contributed by atoms with E-state index in [0.29, 0.717) is 17.1 Å². The molecule has 0 amide bonds. The highest BCUT2D eigenvalue weighted by Crippen LogP contribution is 2.28. The summed E-state index contributed by atoms with van der Waals surface area (Å²) in [5.74, 6) is -0.813. The Kier molecular flexibility index (Phi) is 7.74. The summed E-state index contributed by atoms with van der Waals surface area (Å²) in [7, 11) is -0.515. The van der Waals surface area contributed by atoms with Crippen LogP contribution in [0, 0.1) is 0 Å². The van der Waals surface area contributed by atoms with Crippen molar-refractivity contribution < 1.29 is 45.3 Å². The van der Waals surface area contributed by atoms with Crippen LogP contribution in [0.3, 0.4) is 0 Å². The Labute approximate surface area is 177 Å². The van der Waals surface area contributed by atoms with Crippen LogP contribution < -0.4 is 14.2 Å². The highest BCUT2D eigenvalue weighted by atomic mass is 32.2. The van der Waals surface area contributed by atoms with Gasteiger partial charge >= 0.3 is 12.3 Å². The molecule has 12 heteroatoms. The minimum Gasteiger partial charge on any atom is -0.497 e. The number of carbonyl (C=O) groups excluding carboxylic acids is 1. The molecule has 2 aromatic carbocycles. The van der Waals surface area contributed by atoms with Crippen molar-refractivity contribution in [2.24, 2.45) is 0 Å². The fraction of sp³-hybridized carbons (Fsp3) is 0.316. The number of rotatable bonds is 9. The first-order chi connectivity index (χ1) is 14.5. The topological polar surface area (TPSA) is 91.4 Å². The number of nitrogens with zero attached hydrogens (tertiary/aromatic N) is 1. The minimum absolute atomic E-state index is 0.310. The summed E-state index contributed by atoms with van der Waals surface area (Å²) in [5.41, 5.74) is 0.409. The molecule has 0 N–H and O–H groups in total. The van der Waals surface area contributed by atoms with Crippen LogP contribution in [-0.4, -0.2) is 52.9 Å². The van der Waals surface area contributed by atoms with E-state index in [9.17, 15) is 26.4 Å². The Hall–Kier alpha value is -2.99. The number of hydrogen-bond donors (Lipinski definition) is 0. The number of hydrogen-bond acceptors (Lipinski definition) is 7. The third kappa shape index (κ3) is 6.76. The molecule has 0 aliphatic rings. The van der Waals surface area contributed by atoms with E-state index in [-0.39, 0.29) is 6.54 Å². The average molecular weight is 463 g/mol. The number of carbonyl (C=O) groups is 1. The van der Waals surface area contributed by atoms with Crippen molar-refractivity contribution in [3.63, 3.8) is 0 Å². The molecule has 0 atom stereocenters. The van der Waals surface area contributed by atoms with Crippen molar-refractivity contribution in [1.29, 1.82) is 0 Å². The summed E-state index contributed by atoms with van der Waals surface area (Å²) in [6, 6.07) is 8.51. The Morgan fingerprint density at radius 2 is 1.58 bits per heavy atom. The van der Waals surface area contributed by atoms with Gasteiger partial charge in [0.2, 0.25) is 10.0 Å². The van der Waals surface area contributed by atoms with Crippen LogP contribution in [-0.2, 0) is 26.1 Å². The standard InChI is InChI=1S/C19H20F3NO7S/c1-27-15-7-13(8-16(9-15)28-2)11-23(12-18(24)29-3)31(25,26)17-6-4-5-14(10-17)30-19(20,21)22/h4-10H,11-12H2,1-3H3. The SMILES string of the molecule is COC(=O)CN(Cc1cc(OC)cc(OC)c1)S(=O)(=O)c1cccc(OC(F)(F)F)c1. The molecule has 0 fully saturated rings. The number of halogens is 3. The molecule has 0 spiro atoms. The van der Waals surface area contributed by atoms with Crippen molar-refractivity contribution in [3.8, 4) is 17.2 Å². The molecule has 0 aromatic heterocycles. The maximum Gasteiger partial charge on any atom is 0.573 e. The molecule has 0 heterocycles. The number of esters is 1. The summed E-state index contributed by atoms with van der Waals surface area (Å²) in [5, 5.41) is 0. The van der Waals surface area contributed by atoms with E-state index in [1.807, 2.05) is 0 Å². The third-order valence-electron chi connectivity index (χ3n) is 3.98. The van der Waals surface area contributed by atoms with E-state index in [1.165, 1.54) is 26.4 Å². The van der Waals surface area contributed by atoms with Gasteiger partial charge in [0, 0.05) is 18.7 Å². The predicted molar refractivity (Wildman–Crippen MR) is 102 cm³/mol. The van der Waals surface area contributed by atoms with Crippen molar-refractivity contribution >= 4 is 16.0 Å². The molecule has 0 saturated heterocycles. The molecule has 0 radical (unpaired) electrons. The molecule has 0 bridgehead atoms. The Morgan fingerprint density at radius 3 is 2.10 bits per heavy atom. The zero-order valence-electron chi connectivity index (χ0n) is 16.8. The average Bonchev–Trinajstić information content (AvgIpc) is 2.71. The van der Waals surface area contributed by atoms with Gasteiger partial charge in [0.1, 0.15) is 23.8 Å². The number of sulfonamides is 1. The van der Waals surface area contributed by atoms with Crippen molar-refractivity contribution in [2.75, 3.05) is 27.9 Å². The second-order valence-electron chi connectivity index (χ2n) is 6.09. The highest BCUT2D eigenvalue weighted by Gasteiger charge is 2.33. The van der Waals surface area contributed by atoms with Crippen molar-refractivity contribution in [2.45, 2.75) is 17.8 Å². The molecule has 31 heavy (non-hydrogen) atoms. The first-order valence-corrected chi connectivity index (χ1v) is 10.1. The minimum atomic E-state index is -4.99. The van der Waals surface area contributed by atoms with Crippen LogP contribution in [0.2, 0.25) is 0 Å². The summed E-state index contributed by atoms with van der Waals surface area (Å²) >= 11 is 0. The third-order valence-corrected chi connectivity index (χ3v) is 5.77. The molecular formula is C19H20F3NO7S. The lowest BCUT2D eigenvalue weighted by Crippen LogP contribution is -2.35. The maximum absolute atomic E-state index is 13.1. The Balaban J connectivity index is 2.45. The van der Waals surface area contributed by atoms with Gasteiger partial charge in [-0.25, -0.2) is 8.42 Å². The van der Waals surface area contributed by atoms with Crippen LogP contribution in [0.5, 0.6) is 17.2 Å². The van der Waals surface area contributed by atoms with Crippen LogP contribution >= 0.6 is 0 Å². The van der Waals surface area contributed by atoms with Crippen LogP contribution in [0.15, 0.2) is 47.4 Å². The summed E-state index contributed by atoms with van der Waals surface area (Å²) < 4.78 is 83.2. The summed E-state index contributed by atoms with van der Waals surface area (Å²) in [4.78, 5) is 11.3. The summed E-state index contributed by atoms with van der Waals surface area (Å²) in [6.45, 7) is -0.988. The second-order valence-corrected chi connectivity index (χ2v) is 8.03. The van der Waals surface area contributed by atoms with Gasteiger partial charge < -0.3 is 18.9 Å². The van der Waals surface area contributed by atoms with Gasteiger partial charge in [-0.1, -0.05) is 6.07 Å². The lowest BCUT2D eigenvalue weighted by Gasteiger charge is -2.22. The predicted octanol–water partition coefficient (Wildman–Crippen LogP) is 2.97. The zero-order valence-corrected chi connectivity index (χ0v) is 17.6. The molecule has 0 saturated carbocycles. The van der Waals surface area contributed by atoms with Crippen LogP contribution in [0.4, 0.5) is 13.2 Å². The normalized spacial score (nSPS) is 11.8.